The predicted octanol–water partition coefficient (Wildman–Crippen LogP) is 4.42. The minimum absolute atomic E-state index is 0.0875. The number of hydrogen-bond acceptors (Lipinski definition) is 6. The Balaban J connectivity index is 1.76. The number of nitrogens with one attached hydrogen (secondary N) is 1. The smallest absolute Gasteiger partial charge is 0.260 e. The van der Waals surface area contributed by atoms with Gasteiger partial charge in [-0.25, -0.2) is 0 Å². The molecule has 8 nitrogen and oxygen atoms in total. The number of rotatable bonds is 8. The zero-order valence-electron chi connectivity index (χ0n) is 19.1. The molecule has 0 saturated heterocycles. The lowest BCUT2D eigenvalue weighted by Gasteiger charge is -2.12. The van der Waals surface area contributed by atoms with Gasteiger partial charge in [0.2, 0.25) is 5.78 Å². The molecule has 8 heteroatoms. The highest BCUT2D eigenvalue weighted by atomic mass is 16.5. The van der Waals surface area contributed by atoms with Crippen molar-refractivity contribution in [3.05, 3.63) is 83.7 Å². The Labute approximate surface area is 196 Å². The van der Waals surface area contributed by atoms with Crippen molar-refractivity contribution in [2.45, 2.75) is 6.92 Å². The van der Waals surface area contributed by atoms with Gasteiger partial charge < -0.3 is 29.7 Å². The second-order valence-electron chi connectivity index (χ2n) is 7.40. The van der Waals surface area contributed by atoms with Crippen LogP contribution in [-0.4, -0.2) is 36.9 Å². The van der Waals surface area contributed by atoms with Gasteiger partial charge in [0, 0.05) is 17.8 Å². The molecular weight excluding hydrogens is 434 g/mol. The summed E-state index contributed by atoms with van der Waals surface area (Å²) >= 11 is 0. The lowest BCUT2D eigenvalue weighted by atomic mass is 10.1. The third-order valence-corrected chi connectivity index (χ3v) is 5.41. The van der Waals surface area contributed by atoms with E-state index >= 15 is 0 Å². The van der Waals surface area contributed by atoms with Gasteiger partial charge in [0.15, 0.2) is 0 Å². The molecule has 1 amide bonds. The first-order valence-electron chi connectivity index (χ1n) is 10.7. The van der Waals surface area contributed by atoms with Crippen LogP contribution in [0.15, 0.2) is 66.9 Å². The topological polar surface area (TPSA) is 104 Å². The molecule has 4 aromatic rings. The quantitative estimate of drug-likeness (QED) is 0.378. The fourth-order valence-electron chi connectivity index (χ4n) is 3.80. The van der Waals surface area contributed by atoms with Crippen molar-refractivity contribution < 1.29 is 23.8 Å². The summed E-state index contributed by atoms with van der Waals surface area (Å²) in [5.41, 5.74) is 8.28. The van der Waals surface area contributed by atoms with Crippen LogP contribution in [0.3, 0.4) is 0 Å². The van der Waals surface area contributed by atoms with Crippen LogP contribution in [0.2, 0.25) is 0 Å². The maximum absolute atomic E-state index is 13.4. The van der Waals surface area contributed by atoms with Crippen LogP contribution in [0.1, 0.15) is 33.3 Å². The van der Waals surface area contributed by atoms with Crippen molar-refractivity contribution in [2.24, 2.45) is 0 Å². The van der Waals surface area contributed by atoms with E-state index in [1.807, 2.05) is 6.92 Å². The number of hydrogen-bond donors (Lipinski definition) is 2. The Morgan fingerprint density at radius 2 is 1.71 bits per heavy atom. The van der Waals surface area contributed by atoms with Gasteiger partial charge >= 0.3 is 0 Å². The van der Waals surface area contributed by atoms with Crippen LogP contribution < -0.4 is 25.3 Å². The van der Waals surface area contributed by atoms with Gasteiger partial charge in [-0.15, -0.1) is 0 Å². The maximum atomic E-state index is 13.4. The summed E-state index contributed by atoms with van der Waals surface area (Å²) in [6.45, 7) is 2.42. The van der Waals surface area contributed by atoms with Crippen LogP contribution in [0.25, 0.3) is 5.52 Å². The average Bonchev–Trinajstić information content (AvgIpc) is 3.15. The van der Waals surface area contributed by atoms with Crippen LogP contribution in [0.5, 0.6) is 17.2 Å². The van der Waals surface area contributed by atoms with E-state index in [9.17, 15) is 9.59 Å². The van der Waals surface area contributed by atoms with E-state index < -0.39 is 5.91 Å². The summed E-state index contributed by atoms with van der Waals surface area (Å²) in [6, 6.07) is 17.2. The molecule has 2 aromatic carbocycles. The fraction of sp³-hybridized carbons (Fsp3) is 0.154. The summed E-state index contributed by atoms with van der Waals surface area (Å²) in [5.74, 6) is 0.900. The highest BCUT2D eigenvalue weighted by Gasteiger charge is 2.26. The van der Waals surface area contributed by atoms with Gasteiger partial charge in [-0.1, -0.05) is 6.07 Å². The summed E-state index contributed by atoms with van der Waals surface area (Å²) in [4.78, 5) is 26.8. The van der Waals surface area contributed by atoms with E-state index in [1.165, 1.54) is 14.2 Å². The molecule has 0 radical (unpaired) electrons. The van der Waals surface area contributed by atoms with Crippen molar-refractivity contribution in [3.63, 3.8) is 0 Å². The molecule has 0 aliphatic rings. The Bertz CT molecular complexity index is 1360. The summed E-state index contributed by atoms with van der Waals surface area (Å²) in [5, 5.41) is 2.83. The number of nitrogens with zero attached hydrogens (tertiary/aromatic N) is 1. The molecular formula is C26H25N3O5. The molecule has 2 heterocycles. The van der Waals surface area contributed by atoms with E-state index in [-0.39, 0.29) is 22.7 Å². The Kier molecular flexibility index (Phi) is 6.40. The number of carbonyl (C=O) groups is 2. The number of nitrogen functional groups attached to an aromatic ring is 1. The monoisotopic (exact) mass is 459 g/mol. The van der Waals surface area contributed by atoms with Crippen LogP contribution in [-0.2, 0) is 0 Å². The van der Waals surface area contributed by atoms with Crippen molar-refractivity contribution in [1.29, 1.82) is 0 Å². The van der Waals surface area contributed by atoms with Gasteiger partial charge in [-0.3, -0.25) is 9.59 Å². The third kappa shape index (κ3) is 4.13. The van der Waals surface area contributed by atoms with Crippen LogP contribution >= 0.6 is 0 Å². The highest BCUT2D eigenvalue weighted by molar-refractivity contribution is 6.20. The number of nitrogens with two attached hydrogens (primary N) is 1. The number of anilines is 2. The molecule has 0 aliphatic heterocycles. The maximum Gasteiger partial charge on any atom is 0.260 e. The molecule has 2 aromatic heterocycles. The molecule has 34 heavy (non-hydrogen) atoms. The largest absolute Gasteiger partial charge is 0.497 e. The first kappa shape index (κ1) is 22.7. The van der Waals surface area contributed by atoms with Gasteiger partial charge in [-0.05, 0) is 55.5 Å². The minimum Gasteiger partial charge on any atom is -0.497 e. The second-order valence-corrected chi connectivity index (χ2v) is 7.40. The van der Waals surface area contributed by atoms with Crippen molar-refractivity contribution in [3.8, 4) is 17.2 Å². The normalized spacial score (nSPS) is 10.7. The zero-order valence-corrected chi connectivity index (χ0v) is 19.1. The highest BCUT2D eigenvalue weighted by Crippen LogP contribution is 2.33. The summed E-state index contributed by atoms with van der Waals surface area (Å²) in [7, 11) is 3.04. The number of ketones is 1. The Morgan fingerprint density at radius 3 is 2.38 bits per heavy atom. The SMILES string of the molecule is CCOc1ccc(C(=O)c2c(N)c(C(=O)Nc3cc(OC)ccc3OC)c3ccccn23)cc1. The van der Waals surface area contributed by atoms with Gasteiger partial charge in [0.25, 0.3) is 5.91 Å². The molecule has 0 aliphatic carbocycles. The number of carbonyl (C=O) groups excluding carboxylic acids is 2. The van der Waals surface area contributed by atoms with Crippen molar-refractivity contribution in [2.75, 3.05) is 31.9 Å². The van der Waals surface area contributed by atoms with Crippen molar-refractivity contribution in [1.82, 2.24) is 4.40 Å². The van der Waals surface area contributed by atoms with Gasteiger partial charge in [0.05, 0.1) is 43.3 Å². The number of aromatic nitrogens is 1. The molecule has 0 saturated carbocycles. The lowest BCUT2D eigenvalue weighted by molar-refractivity contribution is 0.102. The second kappa shape index (κ2) is 9.58. The number of fused-ring (bicyclic) bond motifs is 1. The molecule has 0 atom stereocenters. The third-order valence-electron chi connectivity index (χ3n) is 5.41. The Morgan fingerprint density at radius 1 is 0.971 bits per heavy atom. The van der Waals surface area contributed by atoms with Gasteiger partial charge in [0.1, 0.15) is 22.9 Å². The van der Waals surface area contributed by atoms with E-state index in [4.69, 9.17) is 19.9 Å². The van der Waals surface area contributed by atoms with E-state index in [0.717, 1.165) is 0 Å². The molecule has 0 fully saturated rings. The molecule has 3 N–H and O–H groups in total. The lowest BCUT2D eigenvalue weighted by Crippen LogP contribution is -2.15. The number of pyridine rings is 1. The summed E-state index contributed by atoms with van der Waals surface area (Å²) in [6.07, 6.45) is 1.70. The molecule has 0 unspecified atom stereocenters. The Hall–Kier alpha value is -4.46. The first-order chi connectivity index (χ1) is 16.5. The van der Waals surface area contributed by atoms with Crippen LogP contribution in [0, 0.1) is 0 Å². The first-order valence-corrected chi connectivity index (χ1v) is 10.7. The zero-order chi connectivity index (χ0) is 24.2. The van der Waals surface area contributed by atoms with E-state index in [0.29, 0.717) is 40.6 Å². The molecule has 0 spiro atoms. The molecule has 4 rings (SSSR count). The standard InChI is InChI=1S/C26H25N3O5/c1-4-34-17-10-8-16(9-11-17)25(30)24-23(27)22(20-7-5-6-14-29(20)24)26(31)28-19-15-18(32-2)12-13-21(19)33-3/h5-15H,4,27H2,1-3H3,(H,28,31). The number of benzene rings is 2. The fourth-order valence-corrected chi connectivity index (χ4v) is 3.80. The number of methoxy groups -OCH3 is 2. The molecule has 0 bridgehead atoms. The molecule has 174 valence electrons. The van der Waals surface area contributed by atoms with E-state index in [1.54, 1.807) is 71.3 Å². The average molecular weight is 460 g/mol. The van der Waals surface area contributed by atoms with Crippen LogP contribution in [0.4, 0.5) is 11.4 Å². The van der Waals surface area contributed by atoms with Crippen molar-refractivity contribution >= 4 is 28.6 Å². The number of ether oxygens (including phenoxy) is 3. The van der Waals surface area contributed by atoms with Gasteiger partial charge in [-0.2, -0.15) is 0 Å². The predicted molar refractivity (Wildman–Crippen MR) is 130 cm³/mol. The summed E-state index contributed by atoms with van der Waals surface area (Å²) < 4.78 is 17.7. The number of amides is 1. The van der Waals surface area contributed by atoms with E-state index in [2.05, 4.69) is 5.32 Å². The minimum atomic E-state index is -0.474.